The molecule has 2 aliphatic rings. The van der Waals surface area contributed by atoms with Gasteiger partial charge in [0.25, 0.3) is 0 Å². The molecule has 19 heteroatoms. The number of nitrogens with zero attached hydrogens (tertiary/aromatic N) is 1. The first-order valence-electron chi connectivity index (χ1n) is 27.5. The molecule has 0 radical (unpaired) electrons. The van der Waals surface area contributed by atoms with Gasteiger partial charge in [0, 0.05) is 72.7 Å². The van der Waals surface area contributed by atoms with Gasteiger partial charge >= 0.3 is 48.1 Å². The second-order valence-corrected chi connectivity index (χ2v) is 27.9. The Morgan fingerprint density at radius 2 is 0.961 bits per heavy atom. The number of hydrogen-bond acceptors (Lipinski definition) is 15. The summed E-state index contributed by atoms with van der Waals surface area (Å²) < 4.78 is 38.1. The van der Waals surface area contributed by atoms with Gasteiger partial charge in [-0.25, -0.2) is 19.2 Å². The van der Waals surface area contributed by atoms with E-state index < -0.39 is 57.8 Å². The number of carbonyl (C=O) groups excluding carboxylic acids is 8. The summed E-state index contributed by atoms with van der Waals surface area (Å²) in [5.74, 6) is -2.05. The molecule has 2 aliphatic carbocycles. The molecule has 0 aromatic rings. The summed E-state index contributed by atoms with van der Waals surface area (Å²) in [6, 6.07) is -0.424. The predicted molar refractivity (Wildman–Crippen MR) is 292 cm³/mol. The molecule has 0 aromatic carbocycles. The van der Waals surface area contributed by atoms with Crippen molar-refractivity contribution in [2.45, 2.75) is 200 Å². The topological polar surface area (TPSA) is 240 Å². The highest BCUT2D eigenvalue weighted by Crippen LogP contribution is 2.50. The molecular formula is C58H100N4O15. The standard InChI is InChI=1S/C58H100N4O15/c1-40(2)47(67)71-24-23-62(51(4,5)6)48(68)61-43-28-53(9,10)31-58(18,29-43)33-60-50(70)77-39-56(15,16)36-74-45(65)22-20-19-21-44(64)73-35-55(13,14)37-75-46(66)25-42-26-52(7,8)30-57(17,27-42)32-59-49(69)76-38-54(11,12)34-72-41(3)63/h42-43H,1,19-39H2,2-18H3,(H,59,69)(H,60,70)(H,61,68). The van der Waals surface area contributed by atoms with E-state index in [4.69, 9.17) is 33.2 Å². The van der Waals surface area contributed by atoms with Crippen LogP contribution in [-0.2, 0) is 57.1 Å². The Bertz CT molecular complexity index is 2040. The molecular weight excluding hydrogens is 993 g/mol. The highest BCUT2D eigenvalue weighted by atomic mass is 16.6. The normalized spacial score (nSPS) is 21.3. The van der Waals surface area contributed by atoms with Gasteiger partial charge in [0.2, 0.25) is 0 Å². The lowest BCUT2D eigenvalue weighted by molar-refractivity contribution is -0.154. The van der Waals surface area contributed by atoms with E-state index >= 15 is 0 Å². The zero-order chi connectivity index (χ0) is 58.8. The number of ether oxygens (including phenoxy) is 7. The lowest BCUT2D eigenvalue weighted by Crippen LogP contribution is -2.57. The zero-order valence-electron chi connectivity index (χ0n) is 50.3. The van der Waals surface area contributed by atoms with E-state index in [-0.39, 0.29) is 123 Å². The molecule has 0 saturated heterocycles. The van der Waals surface area contributed by atoms with Crippen LogP contribution in [0.25, 0.3) is 0 Å². The van der Waals surface area contributed by atoms with Crippen molar-refractivity contribution in [2.24, 2.45) is 43.8 Å². The molecule has 0 aromatic heterocycles. The van der Waals surface area contributed by atoms with Gasteiger partial charge in [-0.3, -0.25) is 19.2 Å². The smallest absolute Gasteiger partial charge is 0.407 e. The first kappa shape index (κ1) is 68.0. The second kappa shape index (κ2) is 28.7. The summed E-state index contributed by atoms with van der Waals surface area (Å²) in [6.45, 7) is 37.4. The van der Waals surface area contributed by atoms with Crippen LogP contribution < -0.4 is 16.0 Å². The maximum Gasteiger partial charge on any atom is 0.407 e. The monoisotopic (exact) mass is 1090 g/mol. The molecule has 0 heterocycles. The highest BCUT2D eigenvalue weighted by molar-refractivity contribution is 5.87. The fourth-order valence-electron chi connectivity index (χ4n) is 10.8. The minimum atomic E-state index is -0.675. The molecule has 3 N–H and O–H groups in total. The Labute approximate surface area is 460 Å². The minimum absolute atomic E-state index is 0.000959. The van der Waals surface area contributed by atoms with E-state index in [0.717, 1.165) is 25.7 Å². The third-order valence-corrected chi connectivity index (χ3v) is 13.8. The van der Waals surface area contributed by atoms with Crippen molar-refractivity contribution < 1.29 is 71.5 Å². The summed E-state index contributed by atoms with van der Waals surface area (Å²) in [4.78, 5) is 102. The number of alkyl carbamates (subject to hydrolysis) is 2. The Morgan fingerprint density at radius 1 is 0.545 bits per heavy atom. The predicted octanol–water partition coefficient (Wildman–Crippen LogP) is 10.0. The van der Waals surface area contributed by atoms with E-state index in [1.165, 1.54) is 6.92 Å². The van der Waals surface area contributed by atoms with Crippen molar-refractivity contribution in [1.29, 1.82) is 0 Å². The molecule has 77 heavy (non-hydrogen) atoms. The molecule has 0 bridgehead atoms. The molecule has 4 amide bonds. The molecule has 0 aliphatic heterocycles. The molecule has 2 fully saturated rings. The van der Waals surface area contributed by atoms with E-state index in [0.29, 0.717) is 38.8 Å². The summed E-state index contributed by atoms with van der Waals surface area (Å²) in [7, 11) is 0. The number of nitrogens with one attached hydrogen (secondary N) is 3. The van der Waals surface area contributed by atoms with Crippen LogP contribution in [0.2, 0.25) is 0 Å². The van der Waals surface area contributed by atoms with Gasteiger partial charge in [0.1, 0.15) is 19.8 Å². The van der Waals surface area contributed by atoms with Crippen LogP contribution in [0.5, 0.6) is 0 Å². The van der Waals surface area contributed by atoms with Crippen molar-refractivity contribution in [3.8, 4) is 0 Å². The fourth-order valence-corrected chi connectivity index (χ4v) is 10.8. The largest absolute Gasteiger partial charge is 0.465 e. The van der Waals surface area contributed by atoms with Crippen molar-refractivity contribution in [3.63, 3.8) is 0 Å². The van der Waals surface area contributed by atoms with E-state index in [1.807, 2.05) is 62.3 Å². The number of esters is 5. The van der Waals surface area contributed by atoms with Crippen LogP contribution in [0.1, 0.15) is 188 Å². The molecule has 2 saturated carbocycles. The van der Waals surface area contributed by atoms with E-state index in [9.17, 15) is 38.4 Å². The van der Waals surface area contributed by atoms with Crippen molar-refractivity contribution in [2.75, 3.05) is 65.9 Å². The van der Waals surface area contributed by atoms with Gasteiger partial charge in [-0.05, 0) is 107 Å². The van der Waals surface area contributed by atoms with Gasteiger partial charge in [0.15, 0.2) is 0 Å². The zero-order valence-corrected chi connectivity index (χ0v) is 50.3. The summed E-state index contributed by atoms with van der Waals surface area (Å²) in [5.41, 5.74) is -2.94. The second-order valence-electron chi connectivity index (χ2n) is 27.9. The van der Waals surface area contributed by atoms with Crippen LogP contribution >= 0.6 is 0 Å². The van der Waals surface area contributed by atoms with E-state index in [1.54, 1.807) is 11.8 Å². The summed E-state index contributed by atoms with van der Waals surface area (Å²) in [5, 5.41) is 9.02. The Balaban J connectivity index is 1.71. The molecule has 4 unspecified atom stereocenters. The van der Waals surface area contributed by atoms with Crippen LogP contribution in [0.3, 0.4) is 0 Å². The minimum Gasteiger partial charge on any atom is -0.465 e. The summed E-state index contributed by atoms with van der Waals surface area (Å²) in [6.07, 6.45) is 4.66. The lowest BCUT2D eigenvalue weighted by atomic mass is 9.60. The molecule has 0 spiro atoms. The Kier molecular flexibility index (Phi) is 25.3. The average molecular weight is 1090 g/mol. The van der Waals surface area contributed by atoms with Gasteiger partial charge < -0.3 is 54.0 Å². The summed E-state index contributed by atoms with van der Waals surface area (Å²) >= 11 is 0. The molecule has 19 nitrogen and oxygen atoms in total. The maximum absolute atomic E-state index is 13.6. The molecule has 442 valence electrons. The number of urea groups is 1. The first-order chi connectivity index (χ1) is 35.1. The van der Waals surface area contributed by atoms with E-state index in [2.05, 4.69) is 64.1 Å². The average Bonchev–Trinajstić information content (AvgIpc) is 3.27. The van der Waals surface area contributed by atoms with Crippen molar-refractivity contribution >= 4 is 48.1 Å². The molecule has 2 rings (SSSR count). The van der Waals surface area contributed by atoms with Crippen LogP contribution in [0, 0.1) is 43.8 Å². The van der Waals surface area contributed by atoms with Gasteiger partial charge in [-0.15, -0.1) is 0 Å². The maximum atomic E-state index is 13.6. The van der Waals surface area contributed by atoms with Crippen LogP contribution in [0.15, 0.2) is 12.2 Å². The van der Waals surface area contributed by atoms with Gasteiger partial charge in [-0.1, -0.05) is 89.7 Å². The highest BCUT2D eigenvalue weighted by Gasteiger charge is 2.44. The number of hydrogen-bond donors (Lipinski definition) is 3. The third-order valence-electron chi connectivity index (χ3n) is 13.8. The van der Waals surface area contributed by atoms with Crippen molar-refractivity contribution in [3.05, 3.63) is 12.2 Å². The molecule has 4 atom stereocenters. The van der Waals surface area contributed by atoms with Crippen LogP contribution in [0.4, 0.5) is 14.4 Å². The Morgan fingerprint density at radius 3 is 1.40 bits per heavy atom. The van der Waals surface area contributed by atoms with Gasteiger partial charge in [0.05, 0.1) is 33.0 Å². The Hall–Kier alpha value is -5.10. The van der Waals surface area contributed by atoms with Gasteiger partial charge in [-0.2, -0.15) is 0 Å². The fraction of sp³-hybridized carbons (Fsp3) is 0.828. The van der Waals surface area contributed by atoms with Crippen LogP contribution in [-0.4, -0.2) is 130 Å². The van der Waals surface area contributed by atoms with Crippen molar-refractivity contribution in [1.82, 2.24) is 20.9 Å². The number of rotatable bonds is 28. The lowest BCUT2D eigenvalue weighted by Gasteiger charge is -2.47. The number of carbonyl (C=O) groups is 8. The quantitative estimate of drug-likeness (QED) is 0.0286. The first-order valence-corrected chi connectivity index (χ1v) is 27.5. The number of amides is 4. The SMILES string of the molecule is C=C(C)C(=O)OCCN(C(=O)NC1CC(C)(C)CC(C)(CNC(=O)OCC(C)(C)COC(=O)CCCCC(=O)OCC(C)(C)COC(=O)CC2CC(C)(C)CC(C)(CNC(=O)OCC(C)(C)COC(C)=O)C2)C1)C(C)(C)C. The third kappa shape index (κ3) is 27.9. The number of unbranched alkanes of at least 4 members (excludes halogenated alkanes) is 1.